The molecule has 2 aromatic carbocycles. The van der Waals surface area contributed by atoms with Gasteiger partial charge in [-0.25, -0.2) is 17.9 Å². The fourth-order valence-corrected chi connectivity index (χ4v) is 8.05. The molecule has 6 nitrogen and oxygen atoms in total. The highest BCUT2D eigenvalue weighted by atomic mass is 35.5. The number of benzene rings is 2. The van der Waals surface area contributed by atoms with Gasteiger partial charge in [-0.3, -0.25) is 4.79 Å². The number of halogens is 1. The lowest BCUT2D eigenvalue weighted by Crippen LogP contribution is -2.51. The minimum atomic E-state index is -3.96. The molecule has 8 heteroatoms. The Hall–Kier alpha value is -2.22. The van der Waals surface area contributed by atoms with E-state index in [-0.39, 0.29) is 39.8 Å². The Morgan fingerprint density at radius 1 is 0.971 bits per heavy atom. The first-order chi connectivity index (χ1) is 16.2. The molecule has 0 saturated heterocycles. The van der Waals surface area contributed by atoms with Gasteiger partial charge in [0.1, 0.15) is 4.90 Å². The number of ether oxygens (including phenoxy) is 1. The molecule has 0 heterocycles. The molecule has 0 radical (unpaired) electrons. The van der Waals surface area contributed by atoms with Crippen molar-refractivity contribution in [3.63, 3.8) is 0 Å². The number of rotatable bonds is 8. The van der Waals surface area contributed by atoms with Crippen LogP contribution >= 0.6 is 11.6 Å². The topological polar surface area (TPSA) is 89.5 Å². The summed E-state index contributed by atoms with van der Waals surface area (Å²) in [5.74, 6) is 1.15. The van der Waals surface area contributed by atoms with Crippen molar-refractivity contribution in [3.8, 4) is 0 Å². The third-order valence-corrected chi connectivity index (χ3v) is 9.61. The summed E-state index contributed by atoms with van der Waals surface area (Å²) in [6, 6.07) is 13.1. The van der Waals surface area contributed by atoms with Gasteiger partial charge in [-0.05, 0) is 80.0 Å². The maximum Gasteiger partial charge on any atom is 0.338 e. The van der Waals surface area contributed by atoms with Crippen molar-refractivity contribution in [2.45, 2.75) is 50.0 Å². The third kappa shape index (κ3) is 4.66. The summed E-state index contributed by atoms with van der Waals surface area (Å²) in [5.41, 5.74) is 0.494. The van der Waals surface area contributed by atoms with Crippen molar-refractivity contribution in [2.75, 3.05) is 6.61 Å². The number of hydrogen-bond acceptors (Lipinski definition) is 5. The van der Waals surface area contributed by atoms with Crippen molar-refractivity contribution in [1.82, 2.24) is 4.72 Å². The summed E-state index contributed by atoms with van der Waals surface area (Å²) in [7, 11) is -3.96. The molecule has 6 rings (SSSR count). The van der Waals surface area contributed by atoms with E-state index in [0.29, 0.717) is 17.8 Å². The molecule has 0 amide bonds. The normalized spacial score (nSPS) is 27.5. The monoisotopic (exact) mass is 501 g/mol. The zero-order valence-corrected chi connectivity index (χ0v) is 20.4. The molecule has 180 valence electrons. The van der Waals surface area contributed by atoms with Gasteiger partial charge < -0.3 is 4.74 Å². The number of ketones is 1. The Balaban J connectivity index is 1.25. The minimum absolute atomic E-state index is 0.00163. The first kappa shape index (κ1) is 23.5. The van der Waals surface area contributed by atoms with Gasteiger partial charge in [0.2, 0.25) is 10.0 Å². The van der Waals surface area contributed by atoms with Crippen LogP contribution in [0.4, 0.5) is 0 Å². The van der Waals surface area contributed by atoms with Crippen LogP contribution in [-0.4, -0.2) is 26.8 Å². The first-order valence-electron chi connectivity index (χ1n) is 11.8. The van der Waals surface area contributed by atoms with Crippen LogP contribution in [0.15, 0.2) is 53.4 Å². The number of esters is 1. The second kappa shape index (κ2) is 9.10. The van der Waals surface area contributed by atoms with E-state index < -0.39 is 16.0 Å². The van der Waals surface area contributed by atoms with E-state index >= 15 is 0 Å². The Morgan fingerprint density at radius 2 is 1.59 bits per heavy atom. The Kier molecular flexibility index (Phi) is 6.29. The predicted molar refractivity (Wildman–Crippen MR) is 128 cm³/mol. The Labute approximate surface area is 205 Å². The molecule has 4 saturated carbocycles. The fraction of sp³-hybridized carbons (Fsp3) is 0.462. The van der Waals surface area contributed by atoms with E-state index in [4.69, 9.17) is 16.3 Å². The van der Waals surface area contributed by atoms with E-state index in [1.807, 2.05) is 18.2 Å². The van der Waals surface area contributed by atoms with E-state index in [2.05, 4.69) is 4.72 Å². The van der Waals surface area contributed by atoms with Gasteiger partial charge >= 0.3 is 5.97 Å². The molecule has 4 aliphatic carbocycles. The SMILES string of the molecule is O=C(OCC(=O)C12CC3CC(CC(C3)C1)C2)c1ccc(Cl)c(S(=O)(=O)NCc2ccccc2)c1. The molecule has 0 unspecified atom stereocenters. The predicted octanol–water partition coefficient (Wildman–Crippen LogP) is 4.76. The van der Waals surface area contributed by atoms with Gasteiger partial charge in [-0.15, -0.1) is 0 Å². The fourth-order valence-electron chi connectivity index (χ4n) is 6.51. The molecule has 0 aromatic heterocycles. The lowest BCUT2D eigenvalue weighted by Gasteiger charge is -2.55. The number of hydrogen-bond donors (Lipinski definition) is 1. The lowest BCUT2D eigenvalue weighted by molar-refractivity contribution is -0.147. The molecular weight excluding hydrogens is 474 g/mol. The van der Waals surface area contributed by atoms with Crippen LogP contribution in [-0.2, 0) is 26.1 Å². The smallest absolute Gasteiger partial charge is 0.338 e. The molecule has 2 aromatic rings. The molecule has 0 atom stereocenters. The van der Waals surface area contributed by atoms with Gasteiger partial charge in [-0.1, -0.05) is 41.9 Å². The number of nitrogens with one attached hydrogen (secondary N) is 1. The molecule has 0 spiro atoms. The van der Waals surface area contributed by atoms with Gasteiger partial charge in [0.15, 0.2) is 12.4 Å². The number of carbonyl (C=O) groups excluding carboxylic acids is 2. The second-order valence-electron chi connectivity index (χ2n) is 10.2. The second-order valence-corrected chi connectivity index (χ2v) is 12.3. The van der Waals surface area contributed by atoms with Gasteiger partial charge in [0.25, 0.3) is 0 Å². The van der Waals surface area contributed by atoms with Crippen molar-refractivity contribution in [3.05, 3.63) is 64.7 Å². The number of carbonyl (C=O) groups is 2. The minimum Gasteiger partial charge on any atom is -0.454 e. The van der Waals surface area contributed by atoms with E-state index in [1.165, 1.54) is 37.5 Å². The average Bonchev–Trinajstić information content (AvgIpc) is 2.81. The third-order valence-electron chi connectivity index (χ3n) is 7.73. The lowest BCUT2D eigenvalue weighted by atomic mass is 9.48. The zero-order valence-electron chi connectivity index (χ0n) is 18.8. The van der Waals surface area contributed by atoms with Gasteiger partial charge in [-0.2, -0.15) is 0 Å². The van der Waals surface area contributed by atoms with Crippen LogP contribution in [0.25, 0.3) is 0 Å². The Bertz CT molecular complexity index is 1180. The van der Waals surface area contributed by atoms with Gasteiger partial charge in [0, 0.05) is 12.0 Å². The van der Waals surface area contributed by atoms with Crippen molar-refractivity contribution in [2.24, 2.45) is 23.2 Å². The van der Waals surface area contributed by atoms with E-state index in [0.717, 1.165) is 24.8 Å². The van der Waals surface area contributed by atoms with Crippen LogP contribution < -0.4 is 4.72 Å². The average molecular weight is 502 g/mol. The molecule has 4 fully saturated rings. The standard InChI is InChI=1S/C26H28ClNO5S/c27-22-7-6-21(11-23(22)34(31,32)28-15-17-4-2-1-3-5-17)25(30)33-16-24(29)26-12-18-8-19(13-26)10-20(9-18)14-26/h1-7,11,18-20,28H,8-10,12-16H2. The molecule has 4 bridgehead atoms. The molecule has 34 heavy (non-hydrogen) atoms. The quantitative estimate of drug-likeness (QED) is 0.527. The summed E-state index contributed by atoms with van der Waals surface area (Å²) in [4.78, 5) is 25.6. The van der Waals surface area contributed by atoms with E-state index in [1.54, 1.807) is 12.1 Å². The highest BCUT2D eigenvalue weighted by Gasteiger charge is 2.54. The Morgan fingerprint density at radius 3 is 2.21 bits per heavy atom. The number of Topliss-reactive ketones (excluding diaryl/α,β-unsaturated/α-hetero) is 1. The van der Waals surface area contributed by atoms with Crippen LogP contribution in [0.3, 0.4) is 0 Å². The van der Waals surface area contributed by atoms with Crippen LogP contribution in [0, 0.1) is 23.2 Å². The largest absolute Gasteiger partial charge is 0.454 e. The maximum absolute atomic E-state index is 13.1. The maximum atomic E-state index is 13.1. The molecular formula is C26H28ClNO5S. The van der Waals surface area contributed by atoms with Crippen LogP contribution in [0.1, 0.15) is 54.4 Å². The molecule has 4 aliphatic rings. The van der Waals surface area contributed by atoms with Crippen molar-refractivity contribution < 1.29 is 22.7 Å². The summed E-state index contributed by atoms with van der Waals surface area (Å²) >= 11 is 6.15. The summed E-state index contributed by atoms with van der Waals surface area (Å²) in [5, 5.41) is 0.00163. The first-order valence-corrected chi connectivity index (χ1v) is 13.6. The summed E-state index contributed by atoms with van der Waals surface area (Å²) in [6.07, 6.45) is 6.41. The van der Waals surface area contributed by atoms with E-state index in [9.17, 15) is 18.0 Å². The van der Waals surface area contributed by atoms with Crippen molar-refractivity contribution in [1.29, 1.82) is 0 Å². The zero-order chi connectivity index (χ0) is 23.9. The van der Waals surface area contributed by atoms with Crippen LogP contribution in [0.5, 0.6) is 0 Å². The highest BCUT2D eigenvalue weighted by Crippen LogP contribution is 2.60. The highest BCUT2D eigenvalue weighted by molar-refractivity contribution is 7.89. The summed E-state index contributed by atoms with van der Waals surface area (Å²) < 4.78 is 33.5. The van der Waals surface area contributed by atoms with Gasteiger partial charge in [0.05, 0.1) is 10.6 Å². The number of sulfonamides is 1. The van der Waals surface area contributed by atoms with Crippen LogP contribution in [0.2, 0.25) is 5.02 Å². The summed E-state index contributed by atoms with van der Waals surface area (Å²) in [6.45, 7) is -0.185. The molecule has 1 N–H and O–H groups in total. The molecule has 0 aliphatic heterocycles. The van der Waals surface area contributed by atoms with Crippen molar-refractivity contribution >= 4 is 33.4 Å².